The van der Waals surface area contributed by atoms with Crippen molar-refractivity contribution in [2.45, 2.75) is 57.7 Å². The maximum absolute atomic E-state index is 12.5. The van der Waals surface area contributed by atoms with Crippen LogP contribution in [0.4, 0.5) is 0 Å². The number of aliphatic carboxylic acids is 1. The Kier molecular flexibility index (Phi) is 11.7. The highest BCUT2D eigenvalue weighted by Crippen LogP contribution is 2.08. The lowest BCUT2D eigenvalue weighted by Gasteiger charge is -2.24. The number of thioether (sulfide) groups is 1. The van der Waals surface area contributed by atoms with Gasteiger partial charge in [0.15, 0.2) is 0 Å². The van der Waals surface area contributed by atoms with Gasteiger partial charge in [-0.05, 0) is 30.8 Å². The summed E-state index contributed by atoms with van der Waals surface area (Å²) >= 11 is 1.49. The highest BCUT2D eigenvalue weighted by atomic mass is 32.2. The molecule has 150 valence electrons. The number of amides is 3. The van der Waals surface area contributed by atoms with Crippen LogP contribution in [0.15, 0.2) is 0 Å². The highest BCUT2D eigenvalue weighted by Gasteiger charge is 2.29. The van der Waals surface area contributed by atoms with E-state index in [-0.39, 0.29) is 18.8 Å². The second kappa shape index (κ2) is 12.5. The number of carboxylic acid groups (broad SMARTS) is 1. The average Bonchev–Trinajstić information content (AvgIpc) is 2.59. The lowest BCUT2D eigenvalue weighted by molar-refractivity contribution is -0.142. The van der Waals surface area contributed by atoms with E-state index in [9.17, 15) is 24.3 Å². The van der Waals surface area contributed by atoms with Crippen LogP contribution in [0.5, 0.6) is 0 Å². The first-order chi connectivity index (χ1) is 12.1. The van der Waals surface area contributed by atoms with Crippen molar-refractivity contribution < 1.29 is 24.3 Å². The number of nitrogens with one attached hydrogen (secondary N) is 2. The summed E-state index contributed by atoms with van der Waals surface area (Å²) in [5.41, 5.74) is 10.9. The molecule has 4 atom stereocenters. The number of hydrogen-bond donors (Lipinski definition) is 5. The molecule has 0 aromatic heterocycles. The Morgan fingerprint density at radius 2 is 1.65 bits per heavy atom. The van der Waals surface area contributed by atoms with Crippen molar-refractivity contribution in [2.24, 2.45) is 17.4 Å². The summed E-state index contributed by atoms with van der Waals surface area (Å²) < 4.78 is 0. The number of hydrogen-bond acceptors (Lipinski definition) is 6. The molecule has 26 heavy (non-hydrogen) atoms. The molecule has 0 aromatic carbocycles. The minimum atomic E-state index is -1.27. The maximum atomic E-state index is 12.5. The number of primary amides is 1. The van der Waals surface area contributed by atoms with Gasteiger partial charge in [0.1, 0.15) is 12.1 Å². The average molecular weight is 391 g/mol. The topological polar surface area (TPSA) is 165 Å². The van der Waals surface area contributed by atoms with Crippen LogP contribution in [-0.2, 0) is 19.2 Å². The van der Waals surface area contributed by atoms with Gasteiger partial charge in [0, 0.05) is 6.42 Å². The van der Waals surface area contributed by atoms with Gasteiger partial charge in [0.25, 0.3) is 0 Å². The van der Waals surface area contributed by atoms with Crippen LogP contribution in [0.1, 0.15) is 39.5 Å². The van der Waals surface area contributed by atoms with Crippen molar-refractivity contribution in [1.29, 1.82) is 0 Å². The van der Waals surface area contributed by atoms with Gasteiger partial charge in [0.2, 0.25) is 17.7 Å². The summed E-state index contributed by atoms with van der Waals surface area (Å²) in [6, 6.07) is -2.91. The molecular weight excluding hydrogens is 360 g/mol. The Morgan fingerprint density at radius 1 is 1.08 bits per heavy atom. The lowest BCUT2D eigenvalue weighted by atomic mass is 9.99. The third-order valence-corrected chi connectivity index (χ3v) is 4.74. The predicted octanol–water partition coefficient (Wildman–Crippen LogP) is -0.567. The first kappa shape index (κ1) is 24.2. The van der Waals surface area contributed by atoms with Crippen molar-refractivity contribution in [1.82, 2.24) is 10.6 Å². The van der Waals surface area contributed by atoms with Crippen molar-refractivity contribution in [3.8, 4) is 0 Å². The second-order valence-corrected chi connectivity index (χ2v) is 7.14. The third-order valence-electron chi connectivity index (χ3n) is 4.10. The first-order valence-corrected chi connectivity index (χ1v) is 9.89. The fraction of sp³-hybridized carbons (Fsp3) is 0.750. The Morgan fingerprint density at radius 3 is 2.12 bits per heavy atom. The van der Waals surface area contributed by atoms with Crippen molar-refractivity contribution in [2.75, 3.05) is 12.0 Å². The van der Waals surface area contributed by atoms with Gasteiger partial charge in [-0.15, -0.1) is 0 Å². The van der Waals surface area contributed by atoms with Gasteiger partial charge in [-0.3, -0.25) is 14.4 Å². The largest absolute Gasteiger partial charge is 0.480 e. The Labute approximate surface area is 158 Å². The van der Waals surface area contributed by atoms with E-state index < -0.39 is 41.8 Å². The van der Waals surface area contributed by atoms with Crippen LogP contribution >= 0.6 is 11.8 Å². The van der Waals surface area contributed by atoms with Gasteiger partial charge in [0.05, 0.1) is 6.04 Å². The van der Waals surface area contributed by atoms with Gasteiger partial charge in [-0.2, -0.15) is 11.8 Å². The molecule has 0 aromatic rings. The Bertz CT molecular complexity index is 503. The third kappa shape index (κ3) is 9.04. The maximum Gasteiger partial charge on any atom is 0.326 e. The Hall–Kier alpha value is -1.81. The van der Waals surface area contributed by atoms with Crippen LogP contribution in [-0.4, -0.2) is 58.9 Å². The monoisotopic (exact) mass is 390 g/mol. The molecule has 0 heterocycles. The van der Waals surface area contributed by atoms with E-state index in [4.69, 9.17) is 11.5 Å². The summed E-state index contributed by atoms with van der Waals surface area (Å²) in [5, 5.41) is 14.1. The van der Waals surface area contributed by atoms with E-state index >= 15 is 0 Å². The van der Waals surface area contributed by atoms with Crippen LogP contribution in [0, 0.1) is 5.92 Å². The minimum Gasteiger partial charge on any atom is -0.480 e. The zero-order chi connectivity index (χ0) is 20.3. The second-order valence-electron chi connectivity index (χ2n) is 6.16. The van der Waals surface area contributed by atoms with E-state index in [1.165, 1.54) is 11.8 Å². The molecule has 0 aliphatic rings. The fourth-order valence-electron chi connectivity index (χ4n) is 2.10. The number of nitrogens with two attached hydrogens (primary N) is 2. The van der Waals surface area contributed by atoms with Crippen LogP contribution in [0.25, 0.3) is 0 Å². The van der Waals surface area contributed by atoms with Gasteiger partial charge >= 0.3 is 5.97 Å². The molecule has 0 aliphatic carbocycles. The molecule has 0 fully saturated rings. The molecule has 0 aliphatic heterocycles. The van der Waals surface area contributed by atoms with E-state index in [1.807, 2.05) is 20.1 Å². The van der Waals surface area contributed by atoms with Crippen LogP contribution in [0.3, 0.4) is 0 Å². The number of carbonyl (C=O) groups is 4. The molecule has 0 spiro atoms. The summed E-state index contributed by atoms with van der Waals surface area (Å²) in [4.78, 5) is 46.8. The number of carboxylic acids is 1. The fourth-order valence-corrected chi connectivity index (χ4v) is 2.57. The summed E-state index contributed by atoms with van der Waals surface area (Å²) in [5.74, 6) is -2.47. The lowest BCUT2D eigenvalue weighted by Crippen LogP contribution is -2.55. The van der Waals surface area contributed by atoms with Crippen molar-refractivity contribution in [3.05, 3.63) is 0 Å². The zero-order valence-electron chi connectivity index (χ0n) is 15.5. The van der Waals surface area contributed by atoms with Gasteiger partial charge in [-0.1, -0.05) is 20.3 Å². The molecule has 4 unspecified atom stereocenters. The van der Waals surface area contributed by atoms with Gasteiger partial charge < -0.3 is 27.2 Å². The summed E-state index contributed by atoms with van der Waals surface area (Å²) in [6.07, 6.45) is 2.61. The molecule has 3 amide bonds. The van der Waals surface area contributed by atoms with E-state index in [0.717, 1.165) is 0 Å². The Balaban J connectivity index is 5.02. The van der Waals surface area contributed by atoms with E-state index in [1.54, 1.807) is 0 Å². The normalized spacial score (nSPS) is 15.4. The molecular formula is C16H30N4O5S. The van der Waals surface area contributed by atoms with Crippen LogP contribution < -0.4 is 22.1 Å². The highest BCUT2D eigenvalue weighted by molar-refractivity contribution is 7.98. The zero-order valence-corrected chi connectivity index (χ0v) is 16.3. The van der Waals surface area contributed by atoms with Gasteiger partial charge in [-0.25, -0.2) is 4.79 Å². The quantitative estimate of drug-likeness (QED) is 0.281. The first-order valence-electron chi connectivity index (χ1n) is 8.50. The van der Waals surface area contributed by atoms with Crippen LogP contribution in [0.2, 0.25) is 0 Å². The van der Waals surface area contributed by atoms with E-state index in [0.29, 0.717) is 18.6 Å². The summed E-state index contributed by atoms with van der Waals surface area (Å²) in [7, 11) is 0. The smallest absolute Gasteiger partial charge is 0.326 e. The standard InChI is InChI=1S/C16H30N4O5S/c1-4-9(2)13(18)15(23)19-10(7-8-26-3)14(22)20-11(16(24)25)5-6-12(17)21/h9-11,13H,4-8,18H2,1-3H3,(H2,17,21)(H,19,23)(H,20,22)(H,24,25). The molecule has 9 nitrogen and oxygen atoms in total. The SMILES string of the molecule is CCC(C)C(N)C(=O)NC(CCSC)C(=O)NC(CCC(N)=O)C(=O)O. The number of carbonyl (C=O) groups excluding carboxylic acids is 3. The summed E-state index contributed by atoms with van der Waals surface area (Å²) in [6.45, 7) is 3.75. The number of rotatable bonds is 13. The van der Waals surface area contributed by atoms with Crippen molar-refractivity contribution >= 4 is 35.5 Å². The molecule has 0 bridgehead atoms. The molecule has 10 heteroatoms. The molecule has 0 rings (SSSR count). The van der Waals surface area contributed by atoms with Crippen molar-refractivity contribution in [3.63, 3.8) is 0 Å². The molecule has 0 saturated heterocycles. The predicted molar refractivity (Wildman–Crippen MR) is 100 cm³/mol. The molecule has 0 saturated carbocycles. The molecule has 7 N–H and O–H groups in total. The minimum absolute atomic E-state index is 0.0541. The molecule has 0 radical (unpaired) electrons. The van der Waals surface area contributed by atoms with E-state index in [2.05, 4.69) is 10.6 Å².